The van der Waals surface area contributed by atoms with Gasteiger partial charge in [0.2, 0.25) is 0 Å². The Bertz CT molecular complexity index is 1950. The molecule has 1 fully saturated rings. The number of rotatable bonds is 24. The highest BCUT2D eigenvalue weighted by molar-refractivity contribution is 6.30. The molecule has 0 aromatic heterocycles. The summed E-state index contributed by atoms with van der Waals surface area (Å²) in [5.41, 5.74) is 3.23. The molecule has 3 rings (SSSR count). The molecule has 13 nitrogen and oxygen atoms in total. The van der Waals surface area contributed by atoms with Gasteiger partial charge in [-0.2, -0.15) is 0 Å². The maximum Gasteiger partial charge on any atom is 0.417 e. The van der Waals surface area contributed by atoms with Gasteiger partial charge >= 0.3 is 35.8 Å². The summed E-state index contributed by atoms with van der Waals surface area (Å²) >= 11 is 0. The Morgan fingerprint density at radius 1 is 0.672 bits per heavy atom. The van der Waals surface area contributed by atoms with E-state index in [0.717, 1.165) is 51.0 Å². The summed E-state index contributed by atoms with van der Waals surface area (Å²) < 4.78 is 53.6. The third kappa shape index (κ3) is 15.9. The Morgan fingerprint density at radius 3 is 1.73 bits per heavy atom. The van der Waals surface area contributed by atoms with Crippen LogP contribution in [0.5, 0.6) is 5.75 Å². The number of carbonyl (C=O) groups excluding carboxylic acids is 6. The van der Waals surface area contributed by atoms with E-state index in [1.54, 1.807) is 26.8 Å². The highest BCUT2D eigenvalue weighted by Crippen LogP contribution is 2.42. The first kappa shape index (κ1) is 52.8. The monoisotopic (exact) mass is 894 g/mol. The SMILES string of the molecule is C=C(C)C(=O)OCCCc1cc(-c2ccc(C3CCC(CCCCC)CC3)cc2F)c(CC)c(CCCOC(=O)C(=C)C)c1OCC(C)(COC(=O)C(=O)OC)COC(=O)C(=O)OC. The molecular formula is C50H67FO13. The molecule has 0 atom stereocenters. The predicted octanol–water partition coefficient (Wildman–Crippen LogP) is 8.83. The van der Waals surface area contributed by atoms with E-state index in [4.69, 9.17) is 23.7 Å². The predicted molar refractivity (Wildman–Crippen MR) is 238 cm³/mol. The van der Waals surface area contributed by atoms with E-state index in [0.29, 0.717) is 66.0 Å². The van der Waals surface area contributed by atoms with Gasteiger partial charge in [-0.15, -0.1) is 0 Å². The van der Waals surface area contributed by atoms with Crippen LogP contribution in [-0.2, 0) is 76.5 Å². The molecule has 2 aromatic carbocycles. The Balaban J connectivity index is 2.15. The molecule has 0 N–H and O–H groups in total. The molecule has 1 aliphatic rings. The normalized spacial score (nSPS) is 14.8. The Kier molecular flexibility index (Phi) is 21.7. The number of hydrogen-bond donors (Lipinski definition) is 0. The number of aryl methyl sites for hydroxylation is 1. The molecule has 1 aliphatic carbocycles. The van der Waals surface area contributed by atoms with Crippen LogP contribution in [0.25, 0.3) is 11.1 Å². The van der Waals surface area contributed by atoms with Crippen molar-refractivity contribution in [2.75, 3.05) is 47.3 Å². The molecule has 0 bridgehead atoms. The molecule has 14 heteroatoms. The first-order chi connectivity index (χ1) is 30.5. The first-order valence-electron chi connectivity index (χ1n) is 22.2. The molecule has 0 aliphatic heterocycles. The van der Waals surface area contributed by atoms with Gasteiger partial charge in [0.1, 0.15) is 31.4 Å². The molecule has 0 radical (unpaired) electrons. The molecule has 64 heavy (non-hydrogen) atoms. The van der Waals surface area contributed by atoms with Gasteiger partial charge in [-0.1, -0.05) is 64.8 Å². The molecule has 0 spiro atoms. The number of carbonyl (C=O) groups is 6. The highest BCUT2D eigenvalue weighted by Gasteiger charge is 2.34. The fraction of sp³-hybridized carbons (Fsp3) is 0.560. The molecule has 2 aromatic rings. The summed E-state index contributed by atoms with van der Waals surface area (Å²) in [5.74, 6) is -5.20. The molecule has 0 unspecified atom stereocenters. The summed E-state index contributed by atoms with van der Waals surface area (Å²) in [5, 5.41) is 0. The van der Waals surface area contributed by atoms with Crippen LogP contribution < -0.4 is 4.74 Å². The van der Waals surface area contributed by atoms with Crippen molar-refractivity contribution >= 4 is 35.8 Å². The van der Waals surface area contributed by atoms with E-state index in [2.05, 4.69) is 29.6 Å². The van der Waals surface area contributed by atoms with E-state index in [-0.39, 0.29) is 42.7 Å². The van der Waals surface area contributed by atoms with Crippen LogP contribution in [0, 0.1) is 17.2 Å². The molecule has 0 heterocycles. The number of hydrogen-bond acceptors (Lipinski definition) is 13. The molecule has 1 saturated carbocycles. The lowest BCUT2D eigenvalue weighted by molar-refractivity contribution is -0.173. The Morgan fingerprint density at radius 2 is 1.23 bits per heavy atom. The average Bonchev–Trinajstić information content (AvgIpc) is 3.28. The molecule has 352 valence electrons. The van der Waals surface area contributed by atoms with E-state index in [9.17, 15) is 28.8 Å². The summed E-state index contributed by atoms with van der Waals surface area (Å²) in [6.07, 6.45) is 11.0. The van der Waals surface area contributed by atoms with Crippen molar-refractivity contribution in [2.24, 2.45) is 11.3 Å². The van der Waals surface area contributed by atoms with Gasteiger partial charge in [0.05, 0.1) is 32.8 Å². The third-order valence-electron chi connectivity index (χ3n) is 11.4. The van der Waals surface area contributed by atoms with Crippen molar-refractivity contribution in [3.63, 3.8) is 0 Å². The lowest BCUT2D eigenvalue weighted by atomic mass is 9.76. The number of unbranched alkanes of at least 4 members (excludes halogenated alkanes) is 2. The summed E-state index contributed by atoms with van der Waals surface area (Å²) in [6, 6.07) is 7.39. The van der Waals surface area contributed by atoms with Crippen LogP contribution in [0.1, 0.15) is 127 Å². The van der Waals surface area contributed by atoms with Gasteiger partial charge in [0.25, 0.3) is 0 Å². The zero-order valence-electron chi connectivity index (χ0n) is 38.8. The average molecular weight is 895 g/mol. The fourth-order valence-corrected chi connectivity index (χ4v) is 7.79. The second-order valence-electron chi connectivity index (χ2n) is 17.0. The molecular weight excluding hydrogens is 828 g/mol. The second kappa shape index (κ2) is 26.3. The minimum atomic E-state index is -1.36. The van der Waals surface area contributed by atoms with Crippen LogP contribution in [0.15, 0.2) is 48.6 Å². The van der Waals surface area contributed by atoms with Crippen LogP contribution in [-0.4, -0.2) is 83.1 Å². The third-order valence-corrected chi connectivity index (χ3v) is 11.4. The maximum atomic E-state index is 16.7. The van der Waals surface area contributed by atoms with E-state index in [1.165, 1.54) is 25.7 Å². The van der Waals surface area contributed by atoms with Crippen molar-refractivity contribution in [3.8, 4) is 16.9 Å². The number of methoxy groups -OCH3 is 2. The maximum absolute atomic E-state index is 16.7. The van der Waals surface area contributed by atoms with Crippen molar-refractivity contribution in [1.82, 2.24) is 0 Å². The van der Waals surface area contributed by atoms with Gasteiger partial charge in [-0.3, -0.25) is 0 Å². The van der Waals surface area contributed by atoms with E-state index in [1.807, 2.05) is 25.1 Å². The van der Waals surface area contributed by atoms with Crippen molar-refractivity contribution in [1.29, 1.82) is 0 Å². The Labute approximate surface area is 377 Å². The Hall–Kier alpha value is -5.53. The van der Waals surface area contributed by atoms with Crippen molar-refractivity contribution in [2.45, 2.75) is 124 Å². The van der Waals surface area contributed by atoms with E-state index >= 15 is 4.39 Å². The van der Waals surface area contributed by atoms with Crippen LogP contribution in [0.4, 0.5) is 4.39 Å². The largest absolute Gasteiger partial charge is 0.492 e. The number of ether oxygens (including phenoxy) is 7. The number of halogens is 1. The summed E-state index contributed by atoms with van der Waals surface area (Å²) in [4.78, 5) is 73.2. The van der Waals surface area contributed by atoms with Gasteiger partial charge in [0, 0.05) is 16.7 Å². The van der Waals surface area contributed by atoms with Crippen molar-refractivity contribution in [3.05, 3.63) is 76.6 Å². The number of benzene rings is 2. The second-order valence-corrected chi connectivity index (χ2v) is 17.0. The highest BCUT2D eigenvalue weighted by atomic mass is 19.1. The minimum Gasteiger partial charge on any atom is -0.492 e. The topological polar surface area (TPSA) is 167 Å². The smallest absolute Gasteiger partial charge is 0.417 e. The van der Waals surface area contributed by atoms with Crippen LogP contribution >= 0.6 is 0 Å². The first-order valence-corrected chi connectivity index (χ1v) is 22.2. The van der Waals surface area contributed by atoms with Crippen molar-refractivity contribution < 1.29 is 66.3 Å². The quantitative estimate of drug-likeness (QED) is 0.0323. The zero-order valence-corrected chi connectivity index (χ0v) is 38.8. The minimum absolute atomic E-state index is 0.0385. The van der Waals surface area contributed by atoms with Gasteiger partial charge in [0.15, 0.2) is 0 Å². The van der Waals surface area contributed by atoms with Gasteiger partial charge in [-0.25, -0.2) is 33.2 Å². The lowest BCUT2D eigenvalue weighted by Crippen LogP contribution is -2.39. The lowest BCUT2D eigenvalue weighted by Gasteiger charge is -2.30. The molecule has 0 amide bonds. The zero-order chi connectivity index (χ0) is 47.4. The standard InChI is InChI=1S/C50H67FO13/c1-10-12-13-16-34-19-21-35(22-20-34)36-23-24-39(42(51)28-36)41-27-37(17-14-25-60-44(52)32(3)4)43(40(38(41)11-2)18-15-26-61-45(53)33(5)6)62-29-50(7,30-63-48(56)46(54)58-8)31-64-49(57)47(55)59-9/h23-24,27-28,34-35H,3,5,10-22,25-26,29-31H2,1-2,4,6-9H3. The van der Waals surface area contributed by atoms with Gasteiger partial charge in [-0.05, 0) is 130 Å². The number of esters is 6. The van der Waals surface area contributed by atoms with Crippen LogP contribution in [0.2, 0.25) is 0 Å². The summed E-state index contributed by atoms with van der Waals surface area (Å²) in [7, 11) is 2.03. The molecule has 0 saturated heterocycles. The van der Waals surface area contributed by atoms with E-state index < -0.39 is 54.4 Å². The van der Waals surface area contributed by atoms with Gasteiger partial charge < -0.3 is 33.2 Å². The fourth-order valence-electron chi connectivity index (χ4n) is 7.79. The van der Waals surface area contributed by atoms with Crippen LogP contribution in [0.3, 0.4) is 0 Å². The summed E-state index contributed by atoms with van der Waals surface area (Å²) in [6.45, 7) is 14.9.